The van der Waals surface area contributed by atoms with Gasteiger partial charge in [0.25, 0.3) is 0 Å². The molecule has 0 aliphatic heterocycles. The van der Waals surface area contributed by atoms with Crippen molar-refractivity contribution in [1.29, 1.82) is 0 Å². The van der Waals surface area contributed by atoms with Crippen LogP contribution < -0.4 is 0 Å². The Morgan fingerprint density at radius 2 is 2.14 bits per heavy atom. The van der Waals surface area contributed by atoms with E-state index in [4.69, 9.17) is 14.6 Å². The van der Waals surface area contributed by atoms with Crippen molar-refractivity contribution in [2.45, 2.75) is 32.8 Å². The quantitative estimate of drug-likeness (QED) is 0.628. The van der Waals surface area contributed by atoms with Gasteiger partial charge in [-0.2, -0.15) is 0 Å². The zero-order valence-corrected chi connectivity index (χ0v) is 9.16. The van der Waals surface area contributed by atoms with Crippen molar-refractivity contribution < 1.29 is 19.4 Å². The number of methoxy groups -OCH3 is 1. The van der Waals surface area contributed by atoms with Gasteiger partial charge in [0.1, 0.15) is 6.10 Å². The summed E-state index contributed by atoms with van der Waals surface area (Å²) in [7, 11) is 1.56. The average Bonchev–Trinajstić information content (AvgIpc) is 2.14. The number of esters is 1. The molecule has 0 bridgehead atoms. The summed E-state index contributed by atoms with van der Waals surface area (Å²) in [6.45, 7) is 3.97. The number of ether oxygens (including phenoxy) is 2. The largest absolute Gasteiger partial charge is 0.460 e. The van der Waals surface area contributed by atoms with E-state index in [1.165, 1.54) is 0 Å². The predicted molar refractivity (Wildman–Crippen MR) is 52.9 cm³/mol. The lowest BCUT2D eigenvalue weighted by Crippen LogP contribution is -2.27. The molecule has 0 aliphatic carbocycles. The van der Waals surface area contributed by atoms with Crippen molar-refractivity contribution in [3.8, 4) is 0 Å². The molecule has 0 aliphatic rings. The molecule has 0 aromatic rings. The minimum Gasteiger partial charge on any atom is -0.460 e. The SMILES string of the molecule is CCCC(CO)C(=O)OC(C)COC. The Balaban J connectivity index is 3.90. The summed E-state index contributed by atoms with van der Waals surface area (Å²) in [6.07, 6.45) is 1.27. The second-order valence-electron chi connectivity index (χ2n) is 3.37. The van der Waals surface area contributed by atoms with Crippen LogP contribution in [0.1, 0.15) is 26.7 Å². The van der Waals surface area contributed by atoms with Gasteiger partial charge in [-0.25, -0.2) is 0 Å². The Morgan fingerprint density at radius 3 is 2.57 bits per heavy atom. The molecule has 4 nitrogen and oxygen atoms in total. The summed E-state index contributed by atoms with van der Waals surface area (Å²) in [5.41, 5.74) is 0. The molecule has 0 saturated heterocycles. The van der Waals surface area contributed by atoms with Crippen molar-refractivity contribution in [2.75, 3.05) is 20.3 Å². The van der Waals surface area contributed by atoms with Crippen LogP contribution in [0.3, 0.4) is 0 Å². The van der Waals surface area contributed by atoms with E-state index >= 15 is 0 Å². The first kappa shape index (κ1) is 13.4. The van der Waals surface area contributed by atoms with Gasteiger partial charge < -0.3 is 14.6 Å². The standard InChI is InChI=1S/C10H20O4/c1-4-5-9(6-11)10(12)14-8(2)7-13-3/h8-9,11H,4-7H2,1-3H3. The fraction of sp³-hybridized carbons (Fsp3) is 0.900. The van der Waals surface area contributed by atoms with Gasteiger partial charge in [-0.1, -0.05) is 13.3 Å². The van der Waals surface area contributed by atoms with Crippen LogP contribution in [-0.4, -0.2) is 37.5 Å². The Hall–Kier alpha value is -0.610. The summed E-state index contributed by atoms with van der Waals surface area (Å²) in [5, 5.41) is 8.94. The van der Waals surface area contributed by atoms with Crippen molar-refractivity contribution >= 4 is 5.97 Å². The smallest absolute Gasteiger partial charge is 0.311 e. The van der Waals surface area contributed by atoms with Crippen LogP contribution in [0.5, 0.6) is 0 Å². The predicted octanol–water partition coefficient (Wildman–Crippen LogP) is 0.973. The molecule has 0 fully saturated rings. The van der Waals surface area contributed by atoms with Crippen LogP contribution in [-0.2, 0) is 14.3 Å². The van der Waals surface area contributed by atoms with E-state index in [1.54, 1.807) is 14.0 Å². The molecule has 0 radical (unpaired) electrons. The van der Waals surface area contributed by atoms with Crippen LogP contribution in [0.4, 0.5) is 0 Å². The van der Waals surface area contributed by atoms with Gasteiger partial charge >= 0.3 is 5.97 Å². The third-order valence-electron chi connectivity index (χ3n) is 1.91. The van der Waals surface area contributed by atoms with Crippen LogP contribution in [0.25, 0.3) is 0 Å². The van der Waals surface area contributed by atoms with Crippen LogP contribution >= 0.6 is 0 Å². The van der Waals surface area contributed by atoms with E-state index in [-0.39, 0.29) is 24.6 Å². The molecule has 84 valence electrons. The lowest BCUT2D eigenvalue weighted by atomic mass is 10.1. The van der Waals surface area contributed by atoms with Crippen molar-refractivity contribution in [3.05, 3.63) is 0 Å². The van der Waals surface area contributed by atoms with Crippen LogP contribution in [0.2, 0.25) is 0 Å². The second kappa shape index (κ2) is 7.76. The highest BCUT2D eigenvalue weighted by molar-refractivity contribution is 5.72. The lowest BCUT2D eigenvalue weighted by Gasteiger charge is -2.16. The number of hydrogen-bond donors (Lipinski definition) is 1. The average molecular weight is 204 g/mol. The normalized spacial score (nSPS) is 14.9. The molecular weight excluding hydrogens is 184 g/mol. The summed E-state index contributed by atoms with van der Waals surface area (Å²) in [4.78, 5) is 11.4. The highest BCUT2D eigenvalue weighted by atomic mass is 16.6. The summed E-state index contributed by atoms with van der Waals surface area (Å²) < 4.78 is 9.91. The summed E-state index contributed by atoms with van der Waals surface area (Å²) in [5.74, 6) is -0.724. The van der Waals surface area contributed by atoms with E-state index in [2.05, 4.69) is 0 Å². The third-order valence-corrected chi connectivity index (χ3v) is 1.91. The number of hydrogen-bond acceptors (Lipinski definition) is 4. The summed E-state index contributed by atoms with van der Waals surface area (Å²) in [6, 6.07) is 0. The second-order valence-corrected chi connectivity index (χ2v) is 3.37. The molecule has 1 N–H and O–H groups in total. The van der Waals surface area contributed by atoms with Gasteiger partial charge in [-0.05, 0) is 13.3 Å². The fourth-order valence-electron chi connectivity index (χ4n) is 1.20. The zero-order chi connectivity index (χ0) is 11.0. The minimum atomic E-state index is -0.390. The molecule has 2 unspecified atom stereocenters. The molecule has 4 heteroatoms. The fourth-order valence-corrected chi connectivity index (χ4v) is 1.20. The molecule has 0 aromatic carbocycles. The van der Waals surface area contributed by atoms with Gasteiger partial charge in [0.15, 0.2) is 0 Å². The molecule has 0 saturated carbocycles. The molecule has 2 atom stereocenters. The minimum absolute atomic E-state index is 0.146. The topological polar surface area (TPSA) is 55.8 Å². The Labute approximate surface area is 85.2 Å². The van der Waals surface area contributed by atoms with Gasteiger partial charge in [-0.15, -0.1) is 0 Å². The maximum atomic E-state index is 11.4. The van der Waals surface area contributed by atoms with Gasteiger partial charge in [-0.3, -0.25) is 4.79 Å². The molecule has 0 rings (SSSR count). The highest BCUT2D eigenvalue weighted by Gasteiger charge is 2.20. The number of carbonyl (C=O) groups is 1. The van der Waals surface area contributed by atoms with E-state index < -0.39 is 0 Å². The maximum absolute atomic E-state index is 11.4. The molecule has 0 spiro atoms. The first-order valence-corrected chi connectivity index (χ1v) is 4.95. The van der Waals surface area contributed by atoms with E-state index in [0.29, 0.717) is 13.0 Å². The Morgan fingerprint density at radius 1 is 1.50 bits per heavy atom. The van der Waals surface area contributed by atoms with Gasteiger partial charge in [0.2, 0.25) is 0 Å². The number of aliphatic hydroxyl groups is 1. The van der Waals surface area contributed by atoms with Crippen molar-refractivity contribution in [1.82, 2.24) is 0 Å². The van der Waals surface area contributed by atoms with E-state index in [9.17, 15) is 4.79 Å². The Kier molecular flexibility index (Phi) is 7.42. The monoisotopic (exact) mass is 204 g/mol. The third kappa shape index (κ3) is 5.19. The number of rotatable bonds is 7. The van der Waals surface area contributed by atoms with Crippen molar-refractivity contribution in [2.24, 2.45) is 5.92 Å². The molecule has 14 heavy (non-hydrogen) atoms. The zero-order valence-electron chi connectivity index (χ0n) is 9.16. The molecule has 0 amide bonds. The first-order chi connectivity index (χ1) is 6.65. The Bertz CT molecular complexity index is 158. The summed E-state index contributed by atoms with van der Waals surface area (Å²) >= 11 is 0. The van der Waals surface area contributed by atoms with Gasteiger partial charge in [0.05, 0.1) is 19.1 Å². The molecular formula is C10H20O4. The highest BCUT2D eigenvalue weighted by Crippen LogP contribution is 2.09. The van der Waals surface area contributed by atoms with Crippen molar-refractivity contribution in [3.63, 3.8) is 0 Å². The van der Waals surface area contributed by atoms with Crippen LogP contribution in [0, 0.1) is 5.92 Å². The van der Waals surface area contributed by atoms with E-state index in [1.807, 2.05) is 6.92 Å². The van der Waals surface area contributed by atoms with Crippen LogP contribution in [0.15, 0.2) is 0 Å². The van der Waals surface area contributed by atoms with Gasteiger partial charge in [0, 0.05) is 7.11 Å². The molecule has 0 aromatic heterocycles. The maximum Gasteiger partial charge on any atom is 0.311 e. The number of carbonyl (C=O) groups excluding carboxylic acids is 1. The molecule has 0 heterocycles. The number of aliphatic hydroxyl groups excluding tert-OH is 1. The van der Waals surface area contributed by atoms with E-state index in [0.717, 1.165) is 6.42 Å². The first-order valence-electron chi connectivity index (χ1n) is 4.95. The lowest BCUT2D eigenvalue weighted by molar-refractivity contribution is -0.157.